The molecule has 0 aliphatic heterocycles. The fourth-order valence-electron chi connectivity index (χ4n) is 2.44. The lowest BCUT2D eigenvalue weighted by molar-refractivity contribution is 0.696. The van der Waals surface area contributed by atoms with Gasteiger partial charge in [-0.15, -0.1) is 8.85 Å². The third-order valence-electron chi connectivity index (χ3n) is 3.09. The molecule has 0 fully saturated rings. The van der Waals surface area contributed by atoms with Crippen molar-refractivity contribution >= 4 is 52.3 Å². The molecule has 0 bridgehead atoms. The van der Waals surface area contributed by atoms with Gasteiger partial charge in [-0.25, -0.2) is 0 Å². The van der Waals surface area contributed by atoms with Crippen LogP contribution in [0.5, 0.6) is 0 Å². The monoisotopic (exact) mass is 264 g/mol. The molecule has 0 unspecified atom stereocenters. The van der Waals surface area contributed by atoms with Crippen LogP contribution in [0.15, 0.2) is 48.7 Å². The minimum atomic E-state index is 0.875. The van der Waals surface area contributed by atoms with Gasteiger partial charge < -0.3 is 0 Å². The van der Waals surface area contributed by atoms with Crippen LogP contribution in [0.3, 0.4) is 0 Å². The molecule has 0 N–H and O–H groups in total. The molecule has 0 aliphatic carbocycles. The molecule has 0 radical (unpaired) electrons. The van der Waals surface area contributed by atoms with Crippen molar-refractivity contribution in [2.24, 2.45) is 0 Å². The SMILES string of the molecule is [AlH2][c]1c[c]([AlH2])cc(Cn2cc3ccccc3n2)c1. The van der Waals surface area contributed by atoms with Crippen molar-refractivity contribution < 1.29 is 0 Å². The zero-order chi connectivity index (χ0) is 12.5. The Morgan fingerprint density at radius 1 is 1.00 bits per heavy atom. The molecule has 0 atom stereocenters. The van der Waals surface area contributed by atoms with E-state index in [4.69, 9.17) is 0 Å². The molecule has 3 rings (SSSR count). The van der Waals surface area contributed by atoms with E-state index in [-0.39, 0.29) is 0 Å². The third kappa shape index (κ3) is 2.53. The molecule has 1 heterocycles. The molecule has 18 heavy (non-hydrogen) atoms. The smallest absolute Gasteiger partial charge is 0.258 e. The number of hydrogen-bond donors (Lipinski definition) is 0. The molecule has 1 aromatic heterocycles. The Balaban J connectivity index is 1.96. The summed E-state index contributed by atoms with van der Waals surface area (Å²) in [5.74, 6) is 0. The standard InChI is InChI=1S/C14H10N2.2Al.4H/c1-2-6-12(7-3-1)10-16-11-13-8-4-5-9-14(13)15-16;;;;;;/h1,4-9,11H,10H2;;;;;;. The molecule has 2 nitrogen and oxygen atoms in total. The highest BCUT2D eigenvalue weighted by Crippen LogP contribution is 2.11. The van der Waals surface area contributed by atoms with Crippen LogP contribution in [0, 0.1) is 0 Å². The summed E-state index contributed by atoms with van der Waals surface area (Å²) >= 11 is 2.25. The lowest BCUT2D eigenvalue weighted by Crippen LogP contribution is -2.16. The second kappa shape index (κ2) is 4.92. The van der Waals surface area contributed by atoms with Gasteiger partial charge in [-0.1, -0.05) is 36.4 Å². The first kappa shape index (κ1) is 12.0. The van der Waals surface area contributed by atoms with E-state index in [1.54, 1.807) is 0 Å². The van der Waals surface area contributed by atoms with Crippen LogP contribution < -0.4 is 8.85 Å². The van der Waals surface area contributed by atoms with Crippen molar-refractivity contribution in [2.45, 2.75) is 6.54 Å². The van der Waals surface area contributed by atoms with Crippen molar-refractivity contribution in [1.82, 2.24) is 9.78 Å². The Hall–Kier alpha value is -1.03. The second-order valence-corrected chi connectivity index (χ2v) is 7.19. The Morgan fingerprint density at radius 2 is 1.72 bits per heavy atom. The van der Waals surface area contributed by atoms with Crippen LogP contribution in [-0.2, 0) is 6.54 Å². The van der Waals surface area contributed by atoms with Gasteiger partial charge in [0.25, 0.3) is 32.6 Å². The average Bonchev–Trinajstić information content (AvgIpc) is 2.69. The van der Waals surface area contributed by atoms with Crippen molar-refractivity contribution in [1.29, 1.82) is 0 Å². The Morgan fingerprint density at radius 3 is 2.44 bits per heavy atom. The van der Waals surface area contributed by atoms with Crippen molar-refractivity contribution in [3.05, 3.63) is 54.2 Å². The van der Waals surface area contributed by atoms with Gasteiger partial charge in [-0.3, -0.25) is 4.68 Å². The van der Waals surface area contributed by atoms with Crippen LogP contribution in [0.2, 0.25) is 0 Å². The molecule has 0 saturated heterocycles. The molecule has 0 saturated carbocycles. The topological polar surface area (TPSA) is 17.8 Å². The van der Waals surface area contributed by atoms with E-state index in [0.29, 0.717) is 0 Å². The molecular formula is C14H14Al2N2. The number of fused-ring (bicyclic) bond motifs is 1. The molecule has 0 spiro atoms. The number of aromatic nitrogens is 2. The van der Waals surface area contributed by atoms with E-state index in [1.807, 2.05) is 10.7 Å². The summed E-state index contributed by atoms with van der Waals surface area (Å²) in [6.07, 6.45) is 2.13. The van der Waals surface area contributed by atoms with E-state index in [0.717, 1.165) is 44.6 Å². The zero-order valence-corrected chi connectivity index (χ0v) is 14.7. The van der Waals surface area contributed by atoms with Gasteiger partial charge in [0.15, 0.2) is 0 Å². The normalized spacial score (nSPS) is 10.9. The number of rotatable bonds is 2. The van der Waals surface area contributed by atoms with Crippen LogP contribution in [0.1, 0.15) is 5.56 Å². The highest BCUT2D eigenvalue weighted by Gasteiger charge is 2.01. The summed E-state index contributed by atoms with van der Waals surface area (Å²) in [5.41, 5.74) is 2.45. The van der Waals surface area contributed by atoms with Crippen molar-refractivity contribution in [3.8, 4) is 0 Å². The summed E-state index contributed by atoms with van der Waals surface area (Å²) < 4.78 is 5.01. The van der Waals surface area contributed by atoms with E-state index >= 15 is 0 Å². The van der Waals surface area contributed by atoms with Crippen LogP contribution >= 0.6 is 0 Å². The predicted molar refractivity (Wildman–Crippen MR) is 81.6 cm³/mol. The molecule has 4 heteroatoms. The third-order valence-corrected chi connectivity index (χ3v) is 4.24. The van der Waals surface area contributed by atoms with Gasteiger partial charge in [0, 0.05) is 11.6 Å². The maximum atomic E-state index is 4.61. The van der Waals surface area contributed by atoms with E-state index in [9.17, 15) is 0 Å². The first-order chi connectivity index (χ1) is 8.70. The predicted octanol–water partition coefficient (Wildman–Crippen LogP) is -0.399. The summed E-state index contributed by atoms with van der Waals surface area (Å²) in [7, 11) is 0. The highest BCUT2D eigenvalue weighted by atomic mass is 27.1. The fourth-order valence-corrected chi connectivity index (χ4v) is 4.67. The number of nitrogens with zero attached hydrogens (tertiary/aromatic N) is 2. The van der Waals surface area contributed by atoms with Gasteiger partial charge >= 0.3 is 0 Å². The highest BCUT2D eigenvalue weighted by molar-refractivity contribution is 6.37. The molecule has 0 amide bonds. The summed E-state index contributed by atoms with van der Waals surface area (Å²) in [6, 6.07) is 15.2. The minimum absolute atomic E-state index is 0.875. The molecular weight excluding hydrogens is 250 g/mol. The maximum absolute atomic E-state index is 4.61. The van der Waals surface area contributed by atoms with Gasteiger partial charge in [-0.05, 0) is 11.6 Å². The summed E-state index contributed by atoms with van der Waals surface area (Å²) in [6.45, 7) is 0.875. The van der Waals surface area contributed by atoms with Gasteiger partial charge in [0.05, 0.1) is 12.1 Å². The average molecular weight is 264 g/mol. The van der Waals surface area contributed by atoms with Gasteiger partial charge in [-0.2, -0.15) is 5.10 Å². The Kier molecular flexibility index (Phi) is 3.29. The minimum Gasteiger partial charge on any atom is -0.267 e. The van der Waals surface area contributed by atoms with E-state index < -0.39 is 0 Å². The Bertz CT molecular complexity index is 651. The van der Waals surface area contributed by atoms with Crippen molar-refractivity contribution in [3.63, 3.8) is 0 Å². The van der Waals surface area contributed by atoms with Crippen LogP contribution in [-0.4, -0.2) is 42.4 Å². The first-order valence-corrected chi connectivity index (χ1v) is 8.20. The molecule has 0 aliphatic rings. The lowest BCUT2D eigenvalue weighted by atomic mass is 10.2. The van der Waals surface area contributed by atoms with E-state index in [1.165, 1.54) is 19.8 Å². The van der Waals surface area contributed by atoms with Crippen LogP contribution in [0.4, 0.5) is 0 Å². The molecule has 2 aromatic carbocycles. The summed E-state index contributed by atoms with van der Waals surface area (Å²) in [5, 5.41) is 5.82. The van der Waals surface area contributed by atoms with Gasteiger partial charge in [0.2, 0.25) is 0 Å². The fraction of sp³-hybridized carbons (Fsp3) is 0.0714. The number of hydrogen-bond acceptors (Lipinski definition) is 1. The van der Waals surface area contributed by atoms with E-state index in [2.05, 4.69) is 47.7 Å². The molecule has 86 valence electrons. The second-order valence-electron chi connectivity index (χ2n) is 4.88. The largest absolute Gasteiger partial charge is 0.267 e. The lowest BCUT2D eigenvalue weighted by Gasteiger charge is -2.05. The summed E-state index contributed by atoms with van der Waals surface area (Å²) in [4.78, 5) is 0. The van der Waals surface area contributed by atoms with Crippen LogP contribution in [0.25, 0.3) is 10.9 Å². The zero-order valence-electron chi connectivity index (χ0n) is 10.7. The first-order valence-electron chi connectivity index (χ1n) is 6.20. The maximum Gasteiger partial charge on any atom is 0.258 e. The number of benzene rings is 2. The van der Waals surface area contributed by atoms with Crippen molar-refractivity contribution in [2.75, 3.05) is 0 Å². The Labute approximate surface area is 122 Å². The molecule has 3 aromatic rings. The van der Waals surface area contributed by atoms with Gasteiger partial charge in [0.1, 0.15) is 0 Å². The quantitative estimate of drug-likeness (QED) is 0.576.